The Morgan fingerprint density at radius 1 is 1.52 bits per heavy atom. The monoisotopic (exact) mass is 293 g/mol. The fourth-order valence-electron chi connectivity index (χ4n) is 2.34. The molecule has 0 bridgehead atoms. The van der Waals surface area contributed by atoms with Crippen LogP contribution in [-0.4, -0.2) is 37.6 Å². The lowest BCUT2D eigenvalue weighted by molar-refractivity contribution is -0.384. The lowest BCUT2D eigenvalue weighted by atomic mass is 10.0. The number of rotatable bonds is 5. The van der Waals surface area contributed by atoms with E-state index in [-0.39, 0.29) is 17.2 Å². The number of hydrogen-bond acceptors (Lipinski definition) is 5. The van der Waals surface area contributed by atoms with Crippen molar-refractivity contribution in [1.82, 2.24) is 5.32 Å². The number of benzene rings is 1. The first kappa shape index (κ1) is 15.2. The largest absolute Gasteiger partial charge is 0.381 e. The van der Waals surface area contributed by atoms with Gasteiger partial charge in [0.1, 0.15) is 5.69 Å². The summed E-state index contributed by atoms with van der Waals surface area (Å²) in [6.07, 6.45) is 2.07. The molecule has 1 aliphatic heterocycles. The van der Waals surface area contributed by atoms with Gasteiger partial charge in [-0.15, -0.1) is 0 Å². The molecule has 0 aromatic heterocycles. The van der Waals surface area contributed by atoms with Crippen LogP contribution < -0.4 is 10.6 Å². The number of nitro groups is 1. The standard InChI is InChI=1S/C14H19N3O4/c1-15-14(18)11-4-5-12(13(7-11)17(19)20)16-8-10-3-2-6-21-9-10/h4-5,7,10,16H,2-3,6,8-9H2,1H3,(H,15,18). The summed E-state index contributed by atoms with van der Waals surface area (Å²) in [5, 5.41) is 16.7. The molecule has 2 N–H and O–H groups in total. The van der Waals surface area contributed by atoms with E-state index in [1.54, 1.807) is 12.1 Å². The first-order valence-electron chi connectivity index (χ1n) is 6.94. The molecule has 2 rings (SSSR count). The fraction of sp³-hybridized carbons (Fsp3) is 0.500. The summed E-state index contributed by atoms with van der Waals surface area (Å²) in [6.45, 7) is 2.09. The highest BCUT2D eigenvalue weighted by Crippen LogP contribution is 2.26. The number of carbonyl (C=O) groups excluding carboxylic acids is 1. The fourth-order valence-corrected chi connectivity index (χ4v) is 2.34. The maximum Gasteiger partial charge on any atom is 0.293 e. The maximum atomic E-state index is 11.5. The molecule has 1 atom stereocenters. The first-order chi connectivity index (χ1) is 10.1. The van der Waals surface area contributed by atoms with Crippen molar-refractivity contribution < 1.29 is 14.5 Å². The van der Waals surface area contributed by atoms with Crippen LogP contribution in [0.3, 0.4) is 0 Å². The number of ether oxygens (including phenoxy) is 1. The van der Waals surface area contributed by atoms with Crippen molar-refractivity contribution >= 4 is 17.3 Å². The van der Waals surface area contributed by atoms with Crippen LogP contribution in [0.5, 0.6) is 0 Å². The average molecular weight is 293 g/mol. The van der Waals surface area contributed by atoms with E-state index in [2.05, 4.69) is 10.6 Å². The molecule has 0 spiro atoms. The summed E-state index contributed by atoms with van der Waals surface area (Å²) in [6, 6.07) is 4.44. The molecule has 1 heterocycles. The third-order valence-electron chi connectivity index (χ3n) is 3.52. The first-order valence-corrected chi connectivity index (χ1v) is 6.94. The SMILES string of the molecule is CNC(=O)c1ccc(NCC2CCCOC2)c([N+](=O)[O-])c1. The van der Waals surface area contributed by atoms with Crippen molar-refractivity contribution in [2.45, 2.75) is 12.8 Å². The molecule has 0 radical (unpaired) electrons. The number of anilines is 1. The van der Waals surface area contributed by atoms with Gasteiger partial charge in [0.2, 0.25) is 0 Å². The third kappa shape index (κ3) is 3.91. The number of nitro benzene ring substituents is 1. The Bertz CT molecular complexity index is 527. The molecule has 1 fully saturated rings. The third-order valence-corrected chi connectivity index (χ3v) is 3.52. The number of nitrogens with one attached hydrogen (secondary N) is 2. The Hall–Kier alpha value is -2.15. The molecule has 1 aromatic carbocycles. The summed E-state index contributed by atoms with van der Waals surface area (Å²) in [7, 11) is 1.49. The smallest absolute Gasteiger partial charge is 0.293 e. The molecular weight excluding hydrogens is 274 g/mol. The van der Waals surface area contributed by atoms with E-state index >= 15 is 0 Å². The molecule has 1 unspecified atom stereocenters. The summed E-state index contributed by atoms with van der Waals surface area (Å²) < 4.78 is 5.39. The van der Waals surface area contributed by atoms with Crippen molar-refractivity contribution in [3.63, 3.8) is 0 Å². The summed E-state index contributed by atoms with van der Waals surface area (Å²) >= 11 is 0. The van der Waals surface area contributed by atoms with Gasteiger partial charge in [0, 0.05) is 31.8 Å². The van der Waals surface area contributed by atoms with Gasteiger partial charge in [0.25, 0.3) is 11.6 Å². The van der Waals surface area contributed by atoms with Crippen LogP contribution in [0, 0.1) is 16.0 Å². The minimum absolute atomic E-state index is 0.0900. The van der Waals surface area contributed by atoms with Gasteiger partial charge in [0.15, 0.2) is 0 Å². The lowest BCUT2D eigenvalue weighted by Gasteiger charge is -2.22. The zero-order valence-electron chi connectivity index (χ0n) is 11.9. The lowest BCUT2D eigenvalue weighted by Crippen LogP contribution is -2.24. The predicted molar refractivity (Wildman–Crippen MR) is 78.5 cm³/mol. The van der Waals surface area contributed by atoms with Gasteiger partial charge >= 0.3 is 0 Å². The normalized spacial score (nSPS) is 18.0. The molecule has 21 heavy (non-hydrogen) atoms. The van der Waals surface area contributed by atoms with Crippen molar-refractivity contribution in [2.24, 2.45) is 5.92 Å². The van der Waals surface area contributed by atoms with Gasteiger partial charge in [0.05, 0.1) is 11.5 Å². The van der Waals surface area contributed by atoms with Crippen LogP contribution >= 0.6 is 0 Å². The van der Waals surface area contributed by atoms with Crippen LogP contribution in [0.15, 0.2) is 18.2 Å². The minimum atomic E-state index is -0.480. The van der Waals surface area contributed by atoms with E-state index in [0.717, 1.165) is 19.4 Å². The molecule has 7 heteroatoms. The number of carbonyl (C=O) groups is 1. The topological polar surface area (TPSA) is 93.5 Å². The van der Waals surface area contributed by atoms with E-state index in [9.17, 15) is 14.9 Å². The van der Waals surface area contributed by atoms with Gasteiger partial charge in [-0.1, -0.05) is 0 Å². The highest BCUT2D eigenvalue weighted by Gasteiger charge is 2.19. The van der Waals surface area contributed by atoms with Crippen molar-refractivity contribution in [1.29, 1.82) is 0 Å². The molecule has 0 aliphatic carbocycles. The van der Waals surface area contributed by atoms with Crippen LogP contribution in [0.1, 0.15) is 23.2 Å². The van der Waals surface area contributed by atoms with Crippen molar-refractivity contribution in [3.05, 3.63) is 33.9 Å². The van der Waals surface area contributed by atoms with Crippen LogP contribution in [0.25, 0.3) is 0 Å². The molecule has 1 aliphatic rings. The molecule has 1 saturated heterocycles. The van der Waals surface area contributed by atoms with Gasteiger partial charge in [-0.3, -0.25) is 14.9 Å². The van der Waals surface area contributed by atoms with E-state index in [4.69, 9.17) is 4.74 Å². The molecule has 7 nitrogen and oxygen atoms in total. The van der Waals surface area contributed by atoms with Gasteiger partial charge in [-0.05, 0) is 30.9 Å². The Morgan fingerprint density at radius 3 is 2.95 bits per heavy atom. The van der Waals surface area contributed by atoms with E-state index < -0.39 is 4.92 Å². The van der Waals surface area contributed by atoms with Crippen LogP contribution in [0.2, 0.25) is 0 Å². The predicted octanol–water partition coefficient (Wildman–Crippen LogP) is 1.79. The summed E-state index contributed by atoms with van der Waals surface area (Å²) in [4.78, 5) is 22.2. The van der Waals surface area contributed by atoms with Crippen LogP contribution in [0.4, 0.5) is 11.4 Å². The molecule has 0 saturated carbocycles. The average Bonchev–Trinajstić information content (AvgIpc) is 2.52. The van der Waals surface area contributed by atoms with Crippen molar-refractivity contribution in [2.75, 3.05) is 32.1 Å². The molecule has 1 amide bonds. The van der Waals surface area contributed by atoms with E-state index in [0.29, 0.717) is 24.8 Å². The van der Waals surface area contributed by atoms with E-state index in [1.807, 2.05) is 0 Å². The van der Waals surface area contributed by atoms with Crippen LogP contribution in [-0.2, 0) is 4.74 Å². The highest BCUT2D eigenvalue weighted by molar-refractivity contribution is 5.95. The zero-order valence-corrected chi connectivity index (χ0v) is 11.9. The van der Waals surface area contributed by atoms with Gasteiger partial charge < -0.3 is 15.4 Å². The molecular formula is C14H19N3O4. The van der Waals surface area contributed by atoms with Gasteiger partial charge in [-0.25, -0.2) is 0 Å². The second kappa shape index (κ2) is 7.03. The Balaban J connectivity index is 2.10. The van der Waals surface area contributed by atoms with E-state index in [1.165, 1.54) is 13.1 Å². The Labute approximate surface area is 122 Å². The Morgan fingerprint density at radius 2 is 2.33 bits per heavy atom. The Kier molecular flexibility index (Phi) is 5.10. The number of hydrogen-bond donors (Lipinski definition) is 2. The number of amides is 1. The molecule has 1 aromatic rings. The zero-order chi connectivity index (χ0) is 15.2. The molecule has 114 valence electrons. The summed E-state index contributed by atoms with van der Waals surface area (Å²) in [5.74, 6) is 0.0160. The van der Waals surface area contributed by atoms with Crippen molar-refractivity contribution in [3.8, 4) is 0 Å². The second-order valence-corrected chi connectivity index (χ2v) is 5.03. The highest BCUT2D eigenvalue weighted by atomic mass is 16.6. The van der Waals surface area contributed by atoms with Gasteiger partial charge in [-0.2, -0.15) is 0 Å². The second-order valence-electron chi connectivity index (χ2n) is 5.03. The number of nitrogens with zero attached hydrogens (tertiary/aromatic N) is 1. The maximum absolute atomic E-state index is 11.5. The quantitative estimate of drug-likeness (QED) is 0.637. The summed E-state index contributed by atoms with van der Waals surface area (Å²) in [5.41, 5.74) is 0.613. The minimum Gasteiger partial charge on any atom is -0.381 e.